The molecular formula is C13H10ClN3O. The van der Waals surface area contributed by atoms with E-state index < -0.39 is 0 Å². The van der Waals surface area contributed by atoms with Gasteiger partial charge in [-0.2, -0.15) is 4.98 Å². The molecule has 0 radical (unpaired) electrons. The van der Waals surface area contributed by atoms with Crippen molar-refractivity contribution >= 4 is 22.7 Å². The number of halogens is 1. The van der Waals surface area contributed by atoms with E-state index in [9.17, 15) is 0 Å². The molecule has 0 saturated heterocycles. The van der Waals surface area contributed by atoms with Crippen molar-refractivity contribution < 1.29 is 4.52 Å². The zero-order chi connectivity index (χ0) is 12.5. The van der Waals surface area contributed by atoms with E-state index in [4.69, 9.17) is 16.1 Å². The number of hydrogen-bond acceptors (Lipinski definition) is 4. The first-order chi connectivity index (χ1) is 8.79. The van der Waals surface area contributed by atoms with Gasteiger partial charge in [0, 0.05) is 5.56 Å². The maximum absolute atomic E-state index is 6.06. The van der Waals surface area contributed by atoms with Crippen LogP contribution in [0.4, 0.5) is 0 Å². The lowest BCUT2D eigenvalue weighted by Crippen LogP contribution is -1.84. The molecule has 0 spiro atoms. The van der Waals surface area contributed by atoms with Crippen LogP contribution < -0.4 is 0 Å². The molecule has 0 aliphatic rings. The van der Waals surface area contributed by atoms with Crippen LogP contribution in [0.3, 0.4) is 0 Å². The Morgan fingerprint density at radius 2 is 1.94 bits per heavy atom. The summed E-state index contributed by atoms with van der Waals surface area (Å²) in [6.07, 6.45) is 2.36. The Kier molecular flexibility index (Phi) is 2.72. The van der Waals surface area contributed by atoms with E-state index >= 15 is 0 Å². The van der Waals surface area contributed by atoms with Gasteiger partial charge in [0.1, 0.15) is 22.6 Å². The Labute approximate surface area is 109 Å². The molecule has 0 aliphatic heterocycles. The average Bonchev–Trinajstić information content (AvgIpc) is 2.84. The van der Waals surface area contributed by atoms with Crippen LogP contribution in [0.1, 0.15) is 12.5 Å². The van der Waals surface area contributed by atoms with Crippen molar-refractivity contribution in [2.24, 2.45) is 0 Å². The molecule has 2 heterocycles. The lowest BCUT2D eigenvalue weighted by molar-refractivity contribution is 0.451. The van der Waals surface area contributed by atoms with Crippen molar-refractivity contribution in [2.45, 2.75) is 13.3 Å². The molecule has 5 heteroatoms. The van der Waals surface area contributed by atoms with Crippen molar-refractivity contribution in [3.05, 3.63) is 41.3 Å². The highest BCUT2D eigenvalue weighted by atomic mass is 35.5. The molecule has 3 rings (SSSR count). The minimum absolute atomic E-state index is 0.357. The van der Waals surface area contributed by atoms with Gasteiger partial charge in [-0.25, -0.2) is 4.98 Å². The predicted octanol–water partition coefficient (Wildman–Crippen LogP) is 3.50. The molecule has 0 atom stereocenters. The maximum atomic E-state index is 6.06. The summed E-state index contributed by atoms with van der Waals surface area (Å²) >= 11 is 6.06. The van der Waals surface area contributed by atoms with Crippen LogP contribution in [-0.2, 0) is 6.42 Å². The fourth-order valence-corrected chi connectivity index (χ4v) is 2.06. The van der Waals surface area contributed by atoms with Gasteiger partial charge in [0.05, 0.1) is 0 Å². The fraction of sp³-hybridized carbons (Fsp3) is 0.154. The van der Waals surface area contributed by atoms with Gasteiger partial charge in [0.15, 0.2) is 0 Å². The summed E-state index contributed by atoms with van der Waals surface area (Å²) in [4.78, 5) is 7.95. The molecule has 0 fully saturated rings. The molecule has 2 aromatic heterocycles. The van der Waals surface area contributed by atoms with E-state index in [0.29, 0.717) is 21.9 Å². The lowest BCUT2D eigenvalue weighted by atomic mass is 10.1. The van der Waals surface area contributed by atoms with Gasteiger partial charge < -0.3 is 4.52 Å². The lowest BCUT2D eigenvalue weighted by Gasteiger charge is -1.99. The van der Waals surface area contributed by atoms with Crippen molar-refractivity contribution in [1.29, 1.82) is 0 Å². The summed E-state index contributed by atoms with van der Waals surface area (Å²) in [6.45, 7) is 2.12. The third-order valence-electron chi connectivity index (χ3n) is 2.86. The minimum Gasteiger partial charge on any atom is -0.335 e. The van der Waals surface area contributed by atoms with Crippen molar-refractivity contribution in [3.63, 3.8) is 0 Å². The zero-order valence-corrected chi connectivity index (χ0v) is 10.5. The summed E-state index contributed by atoms with van der Waals surface area (Å²) in [5, 5.41) is 5.03. The van der Waals surface area contributed by atoms with E-state index in [2.05, 4.69) is 34.2 Å². The SMILES string of the molecule is CCc1ccc(-c2noc3ncnc(Cl)c23)cc1. The van der Waals surface area contributed by atoms with Crippen molar-refractivity contribution in [2.75, 3.05) is 0 Å². The first kappa shape index (κ1) is 11.2. The van der Waals surface area contributed by atoms with Gasteiger partial charge in [0.2, 0.25) is 0 Å². The molecule has 90 valence electrons. The van der Waals surface area contributed by atoms with Crippen LogP contribution >= 0.6 is 11.6 Å². The molecule has 0 amide bonds. The third kappa shape index (κ3) is 1.75. The van der Waals surface area contributed by atoms with Crippen LogP contribution in [-0.4, -0.2) is 15.1 Å². The molecule has 3 aromatic rings. The van der Waals surface area contributed by atoms with E-state index in [1.54, 1.807) is 0 Å². The van der Waals surface area contributed by atoms with Crippen molar-refractivity contribution in [3.8, 4) is 11.3 Å². The Bertz CT molecular complexity index is 691. The Morgan fingerprint density at radius 3 is 2.67 bits per heavy atom. The highest BCUT2D eigenvalue weighted by molar-refractivity contribution is 6.34. The molecular weight excluding hydrogens is 250 g/mol. The molecule has 0 bridgehead atoms. The third-order valence-corrected chi connectivity index (χ3v) is 3.15. The molecule has 4 nitrogen and oxygen atoms in total. The second-order valence-electron chi connectivity index (χ2n) is 3.93. The van der Waals surface area contributed by atoms with Crippen LogP contribution in [0.5, 0.6) is 0 Å². The number of benzene rings is 1. The number of fused-ring (bicyclic) bond motifs is 1. The maximum Gasteiger partial charge on any atom is 0.262 e. The molecule has 0 N–H and O–H groups in total. The molecule has 18 heavy (non-hydrogen) atoms. The topological polar surface area (TPSA) is 51.8 Å². The fourth-order valence-electron chi connectivity index (χ4n) is 1.85. The van der Waals surface area contributed by atoms with Crippen LogP contribution in [0, 0.1) is 0 Å². The van der Waals surface area contributed by atoms with Gasteiger partial charge in [-0.15, -0.1) is 0 Å². The summed E-state index contributed by atoms with van der Waals surface area (Å²) in [5.74, 6) is 0. The first-order valence-corrected chi connectivity index (χ1v) is 6.02. The number of aryl methyl sites for hydroxylation is 1. The van der Waals surface area contributed by atoms with Gasteiger partial charge >= 0.3 is 0 Å². The van der Waals surface area contributed by atoms with Crippen molar-refractivity contribution in [1.82, 2.24) is 15.1 Å². The van der Waals surface area contributed by atoms with E-state index in [1.807, 2.05) is 12.1 Å². The first-order valence-electron chi connectivity index (χ1n) is 5.64. The standard InChI is InChI=1S/C13H10ClN3O/c1-2-8-3-5-9(6-4-8)11-10-12(14)15-7-16-13(10)18-17-11/h3-7H,2H2,1H3. The molecule has 0 aliphatic carbocycles. The summed E-state index contributed by atoms with van der Waals surface area (Å²) in [5.41, 5.74) is 3.30. The number of aromatic nitrogens is 3. The Hall–Kier alpha value is -1.94. The molecule has 1 aromatic carbocycles. The second-order valence-corrected chi connectivity index (χ2v) is 4.28. The number of hydrogen-bond donors (Lipinski definition) is 0. The minimum atomic E-state index is 0.357. The molecule has 0 unspecified atom stereocenters. The van der Waals surface area contributed by atoms with Gasteiger partial charge in [-0.3, -0.25) is 0 Å². The normalized spacial score (nSPS) is 11.0. The Balaban J connectivity index is 2.18. The summed E-state index contributed by atoms with van der Waals surface area (Å²) in [7, 11) is 0. The largest absolute Gasteiger partial charge is 0.335 e. The van der Waals surface area contributed by atoms with Gasteiger partial charge in [-0.05, 0) is 12.0 Å². The predicted molar refractivity (Wildman–Crippen MR) is 69.4 cm³/mol. The summed E-state index contributed by atoms with van der Waals surface area (Å²) in [6, 6.07) is 8.13. The number of rotatable bonds is 2. The summed E-state index contributed by atoms with van der Waals surface area (Å²) < 4.78 is 5.16. The van der Waals surface area contributed by atoms with Gasteiger partial charge in [-0.1, -0.05) is 47.9 Å². The van der Waals surface area contributed by atoms with E-state index in [-0.39, 0.29) is 0 Å². The highest BCUT2D eigenvalue weighted by Gasteiger charge is 2.15. The van der Waals surface area contributed by atoms with Gasteiger partial charge in [0.25, 0.3) is 5.71 Å². The second kappa shape index (κ2) is 4.38. The number of nitrogens with zero attached hydrogens (tertiary/aromatic N) is 3. The Morgan fingerprint density at radius 1 is 1.17 bits per heavy atom. The smallest absolute Gasteiger partial charge is 0.262 e. The van der Waals surface area contributed by atoms with E-state index in [1.165, 1.54) is 11.9 Å². The average molecular weight is 260 g/mol. The zero-order valence-electron chi connectivity index (χ0n) is 9.72. The van der Waals surface area contributed by atoms with Crippen LogP contribution in [0.15, 0.2) is 35.1 Å². The van der Waals surface area contributed by atoms with Crippen LogP contribution in [0.2, 0.25) is 5.15 Å². The van der Waals surface area contributed by atoms with Crippen LogP contribution in [0.25, 0.3) is 22.4 Å². The quantitative estimate of drug-likeness (QED) is 0.661. The monoisotopic (exact) mass is 259 g/mol. The molecule has 0 saturated carbocycles. The van der Waals surface area contributed by atoms with E-state index in [0.717, 1.165) is 12.0 Å². The highest BCUT2D eigenvalue weighted by Crippen LogP contribution is 2.30.